The van der Waals surface area contributed by atoms with E-state index >= 15 is 8.78 Å². The van der Waals surface area contributed by atoms with Gasteiger partial charge in [0, 0.05) is 54.2 Å². The van der Waals surface area contributed by atoms with Gasteiger partial charge in [-0.1, -0.05) is 18.2 Å². The monoisotopic (exact) mass is 629 g/mol. The van der Waals surface area contributed by atoms with Gasteiger partial charge in [0.2, 0.25) is 0 Å². The molecule has 2 aliphatic rings. The lowest BCUT2D eigenvalue weighted by Crippen LogP contribution is -2.40. The average molecular weight is 630 g/mol. The Balaban J connectivity index is 1.42. The maximum atomic E-state index is 15.5. The highest BCUT2D eigenvalue weighted by Crippen LogP contribution is 2.41. The van der Waals surface area contributed by atoms with Crippen LogP contribution in [0.2, 0.25) is 0 Å². The number of piperidine rings is 1. The van der Waals surface area contributed by atoms with Gasteiger partial charge in [-0.2, -0.15) is 0 Å². The maximum Gasteiger partial charge on any atom is 0.276 e. The van der Waals surface area contributed by atoms with Crippen LogP contribution >= 0.6 is 0 Å². The standard InChI is InChI=1S/C32H41F2N5O4S/c1-23(24-7-6-8-26(19-24)32(33,34)25-9-11-35-12-10-25)38-31-28-20-27(39-13-17-44(41,42)18-14-39)21-29(30(28)36-22-37-31)43-16-5-3-2-4-15-40/h6-8,15,19-23,25,35H,2-5,9-14,16-18H2,1H3,(H,36,37,38). The van der Waals surface area contributed by atoms with Crippen molar-refractivity contribution in [3.05, 3.63) is 53.9 Å². The normalized spacial score (nSPS) is 18.2. The van der Waals surface area contributed by atoms with Crippen LogP contribution in [-0.4, -0.2) is 69.0 Å². The second kappa shape index (κ2) is 14.2. The Morgan fingerprint density at radius 2 is 1.89 bits per heavy atom. The van der Waals surface area contributed by atoms with E-state index in [4.69, 9.17) is 4.74 Å². The number of carbonyl (C=O) groups excluding carboxylic acids is 1. The van der Waals surface area contributed by atoms with Crippen molar-refractivity contribution < 1.29 is 26.7 Å². The minimum absolute atomic E-state index is 0.0225. The smallest absolute Gasteiger partial charge is 0.276 e. The van der Waals surface area contributed by atoms with E-state index in [0.717, 1.165) is 31.2 Å². The first kappa shape index (κ1) is 32.0. The molecule has 0 saturated carbocycles. The first-order valence-electron chi connectivity index (χ1n) is 15.4. The zero-order chi connectivity index (χ0) is 31.2. The molecule has 0 aliphatic carbocycles. The van der Waals surface area contributed by atoms with Crippen molar-refractivity contribution in [2.75, 3.05) is 54.5 Å². The van der Waals surface area contributed by atoms with E-state index in [-0.39, 0.29) is 23.1 Å². The number of nitrogens with zero attached hydrogens (tertiary/aromatic N) is 3. The van der Waals surface area contributed by atoms with Crippen LogP contribution < -0.4 is 20.3 Å². The summed E-state index contributed by atoms with van der Waals surface area (Å²) in [4.78, 5) is 21.7. The van der Waals surface area contributed by atoms with E-state index in [9.17, 15) is 13.2 Å². The van der Waals surface area contributed by atoms with Crippen LogP contribution in [0.15, 0.2) is 42.7 Å². The number of aromatic nitrogens is 2. The molecule has 1 atom stereocenters. The molecular formula is C32H41F2N5O4S. The van der Waals surface area contributed by atoms with Gasteiger partial charge >= 0.3 is 0 Å². The maximum absolute atomic E-state index is 15.5. The van der Waals surface area contributed by atoms with Gasteiger partial charge in [-0.15, -0.1) is 0 Å². The number of hydrogen-bond donors (Lipinski definition) is 2. The van der Waals surface area contributed by atoms with E-state index in [2.05, 4.69) is 20.6 Å². The number of alkyl halides is 2. The predicted molar refractivity (Wildman–Crippen MR) is 168 cm³/mol. The number of unbranched alkanes of at least 4 members (excludes halogenated alkanes) is 3. The van der Waals surface area contributed by atoms with Crippen LogP contribution in [0, 0.1) is 5.92 Å². The van der Waals surface area contributed by atoms with Crippen LogP contribution in [0.3, 0.4) is 0 Å². The first-order chi connectivity index (χ1) is 21.2. The Bertz CT molecular complexity index is 1530. The summed E-state index contributed by atoms with van der Waals surface area (Å²) < 4.78 is 61.3. The molecular weight excluding hydrogens is 588 g/mol. The topological polar surface area (TPSA) is 114 Å². The number of carbonyl (C=O) groups is 1. The fourth-order valence-corrected chi connectivity index (χ4v) is 7.11. The van der Waals surface area contributed by atoms with Crippen LogP contribution in [0.4, 0.5) is 20.3 Å². The van der Waals surface area contributed by atoms with Gasteiger partial charge in [0.15, 0.2) is 9.84 Å². The zero-order valence-corrected chi connectivity index (χ0v) is 25.9. The fourth-order valence-electron chi connectivity index (χ4n) is 5.91. The lowest BCUT2D eigenvalue weighted by molar-refractivity contribution is -0.107. The van der Waals surface area contributed by atoms with Crippen molar-refractivity contribution in [2.24, 2.45) is 5.92 Å². The molecule has 2 aromatic carbocycles. The van der Waals surface area contributed by atoms with Gasteiger partial charge < -0.3 is 25.1 Å². The molecule has 5 rings (SSSR count). The number of benzene rings is 2. The SMILES string of the molecule is CC(Nc1ncnc2c(OCCCCCC=O)cc(N3CCS(=O)(=O)CC3)cc12)c1cccc(C(F)(F)C2CCNCC2)c1. The molecule has 238 valence electrons. The summed E-state index contributed by atoms with van der Waals surface area (Å²) in [7, 11) is -3.07. The van der Waals surface area contributed by atoms with Crippen LogP contribution in [0.25, 0.3) is 10.9 Å². The van der Waals surface area contributed by atoms with E-state index in [0.29, 0.717) is 80.1 Å². The molecule has 44 heavy (non-hydrogen) atoms. The van der Waals surface area contributed by atoms with Crippen molar-refractivity contribution in [3.8, 4) is 5.75 Å². The fraction of sp³-hybridized carbons (Fsp3) is 0.531. The molecule has 3 aromatic rings. The summed E-state index contributed by atoms with van der Waals surface area (Å²) in [5.41, 5.74) is 2.14. The number of rotatable bonds is 13. The molecule has 0 amide bonds. The Morgan fingerprint density at radius 1 is 1.11 bits per heavy atom. The molecule has 9 nitrogen and oxygen atoms in total. The highest BCUT2D eigenvalue weighted by Gasteiger charge is 2.41. The van der Waals surface area contributed by atoms with Crippen LogP contribution in [-0.2, 0) is 20.6 Å². The average Bonchev–Trinajstić information content (AvgIpc) is 3.03. The van der Waals surface area contributed by atoms with Crippen LogP contribution in [0.5, 0.6) is 5.75 Å². The van der Waals surface area contributed by atoms with Crippen LogP contribution in [0.1, 0.15) is 62.6 Å². The van der Waals surface area contributed by atoms with Gasteiger partial charge in [-0.3, -0.25) is 0 Å². The summed E-state index contributed by atoms with van der Waals surface area (Å²) in [6.45, 7) is 4.27. The molecule has 1 aromatic heterocycles. The Kier molecular flexibility index (Phi) is 10.3. The minimum atomic E-state index is -3.07. The number of sulfone groups is 1. The largest absolute Gasteiger partial charge is 0.491 e. The number of fused-ring (bicyclic) bond motifs is 1. The molecule has 3 heterocycles. The van der Waals surface area contributed by atoms with Gasteiger partial charge in [0.05, 0.1) is 18.1 Å². The molecule has 0 radical (unpaired) electrons. The Morgan fingerprint density at radius 3 is 2.64 bits per heavy atom. The molecule has 2 N–H and O–H groups in total. The Hall–Kier alpha value is -3.38. The molecule has 2 fully saturated rings. The summed E-state index contributed by atoms with van der Waals surface area (Å²) >= 11 is 0. The quantitative estimate of drug-likeness (QED) is 0.193. The van der Waals surface area contributed by atoms with E-state index < -0.39 is 21.7 Å². The zero-order valence-electron chi connectivity index (χ0n) is 25.1. The first-order valence-corrected chi connectivity index (χ1v) is 17.3. The highest BCUT2D eigenvalue weighted by molar-refractivity contribution is 7.91. The van der Waals surface area contributed by atoms with Crippen molar-refractivity contribution >= 4 is 38.5 Å². The van der Waals surface area contributed by atoms with Gasteiger partial charge in [0.1, 0.15) is 29.7 Å². The minimum Gasteiger partial charge on any atom is -0.491 e. The van der Waals surface area contributed by atoms with Gasteiger partial charge in [-0.05, 0) is 69.8 Å². The third kappa shape index (κ3) is 7.63. The molecule has 12 heteroatoms. The third-order valence-corrected chi connectivity index (χ3v) is 10.2. The summed E-state index contributed by atoms with van der Waals surface area (Å²) in [5, 5.41) is 7.26. The number of nitrogens with one attached hydrogen (secondary N) is 2. The highest BCUT2D eigenvalue weighted by atomic mass is 32.2. The van der Waals surface area contributed by atoms with E-state index in [1.54, 1.807) is 12.1 Å². The molecule has 1 unspecified atom stereocenters. The van der Waals surface area contributed by atoms with Crippen molar-refractivity contribution in [2.45, 2.75) is 57.4 Å². The lowest BCUT2D eigenvalue weighted by Gasteiger charge is -2.31. The second-order valence-electron chi connectivity index (χ2n) is 11.7. The van der Waals surface area contributed by atoms with E-state index in [1.165, 1.54) is 12.4 Å². The van der Waals surface area contributed by atoms with Crippen molar-refractivity contribution in [3.63, 3.8) is 0 Å². The summed E-state index contributed by atoms with van der Waals surface area (Å²) in [6.07, 6.45) is 6.19. The van der Waals surface area contributed by atoms with Gasteiger partial charge in [-0.25, -0.2) is 27.2 Å². The number of aldehydes is 1. The second-order valence-corrected chi connectivity index (χ2v) is 14.0. The summed E-state index contributed by atoms with van der Waals surface area (Å²) in [5.74, 6) is -2.38. The lowest BCUT2D eigenvalue weighted by atomic mass is 9.86. The van der Waals surface area contributed by atoms with Crippen molar-refractivity contribution in [1.82, 2.24) is 15.3 Å². The third-order valence-electron chi connectivity index (χ3n) is 8.60. The number of hydrogen-bond acceptors (Lipinski definition) is 9. The van der Waals surface area contributed by atoms with Crippen molar-refractivity contribution in [1.29, 1.82) is 0 Å². The molecule has 2 saturated heterocycles. The number of anilines is 2. The predicted octanol–water partition coefficient (Wildman–Crippen LogP) is 5.27. The summed E-state index contributed by atoms with van der Waals surface area (Å²) in [6, 6.07) is 10.1. The Labute approximate surface area is 257 Å². The number of ether oxygens (including phenoxy) is 1. The molecule has 0 bridgehead atoms. The molecule has 2 aliphatic heterocycles. The van der Waals surface area contributed by atoms with Gasteiger partial charge in [0.25, 0.3) is 5.92 Å². The molecule has 0 spiro atoms. The van der Waals surface area contributed by atoms with E-state index in [1.807, 2.05) is 30.0 Å². The number of halogens is 2.